The maximum absolute atomic E-state index is 11.0. The summed E-state index contributed by atoms with van der Waals surface area (Å²) in [5.74, 6) is -0.362. The Hall–Kier alpha value is -1.06. The molecule has 2 amide bonds. The predicted octanol–water partition coefficient (Wildman–Crippen LogP) is 1.85. The summed E-state index contributed by atoms with van der Waals surface area (Å²) >= 11 is 0. The van der Waals surface area contributed by atoms with Gasteiger partial charge in [0.25, 0.3) is 0 Å². The number of imide groups is 1. The van der Waals surface area contributed by atoms with Gasteiger partial charge in [-0.1, -0.05) is 19.3 Å². The third-order valence-corrected chi connectivity index (χ3v) is 2.49. The minimum atomic E-state index is -1.11. The second-order valence-corrected chi connectivity index (χ2v) is 3.46. The number of carboxylic acid groups (broad SMARTS) is 1. The molecule has 0 aliphatic heterocycles. The van der Waals surface area contributed by atoms with E-state index in [1.54, 1.807) is 0 Å². The van der Waals surface area contributed by atoms with Crippen molar-refractivity contribution in [2.45, 2.75) is 45.1 Å². The lowest BCUT2D eigenvalue weighted by Crippen LogP contribution is -2.43. The fraction of sp³-hybridized carbons (Fsp3) is 0.778. The third kappa shape index (κ3) is 2.44. The van der Waals surface area contributed by atoms with Gasteiger partial charge in [-0.2, -0.15) is 0 Å². The van der Waals surface area contributed by atoms with Gasteiger partial charge < -0.3 is 5.11 Å². The molecule has 4 heteroatoms. The standard InChI is InChI=1S/C9H15NO3/c1-7(11)10(9(12)13)8-5-3-2-4-6-8/h8H,2-6H2,1H3,(H,12,13). The van der Waals surface area contributed by atoms with E-state index in [0.717, 1.165) is 37.0 Å². The van der Waals surface area contributed by atoms with E-state index in [-0.39, 0.29) is 11.9 Å². The molecule has 1 saturated carbocycles. The van der Waals surface area contributed by atoms with E-state index >= 15 is 0 Å². The van der Waals surface area contributed by atoms with E-state index in [4.69, 9.17) is 5.11 Å². The Morgan fingerprint density at radius 1 is 1.23 bits per heavy atom. The molecule has 13 heavy (non-hydrogen) atoms. The van der Waals surface area contributed by atoms with Gasteiger partial charge in [0.15, 0.2) is 0 Å². The smallest absolute Gasteiger partial charge is 0.414 e. The number of carbonyl (C=O) groups is 2. The van der Waals surface area contributed by atoms with E-state index in [9.17, 15) is 9.59 Å². The Morgan fingerprint density at radius 2 is 1.77 bits per heavy atom. The van der Waals surface area contributed by atoms with Gasteiger partial charge in [-0.05, 0) is 12.8 Å². The second-order valence-electron chi connectivity index (χ2n) is 3.46. The summed E-state index contributed by atoms with van der Waals surface area (Å²) in [6.45, 7) is 1.31. The summed E-state index contributed by atoms with van der Waals surface area (Å²) in [4.78, 5) is 22.7. The highest BCUT2D eigenvalue weighted by Crippen LogP contribution is 2.22. The molecule has 4 nitrogen and oxygen atoms in total. The topological polar surface area (TPSA) is 57.6 Å². The molecule has 1 N–H and O–H groups in total. The zero-order chi connectivity index (χ0) is 9.84. The van der Waals surface area contributed by atoms with Crippen LogP contribution < -0.4 is 0 Å². The van der Waals surface area contributed by atoms with E-state index in [1.165, 1.54) is 6.92 Å². The van der Waals surface area contributed by atoms with Crippen molar-refractivity contribution in [2.24, 2.45) is 0 Å². The van der Waals surface area contributed by atoms with Gasteiger partial charge in [-0.25, -0.2) is 9.69 Å². The van der Waals surface area contributed by atoms with Gasteiger partial charge in [0.05, 0.1) is 0 Å². The van der Waals surface area contributed by atoms with Crippen LogP contribution in [0.15, 0.2) is 0 Å². The average Bonchev–Trinajstić information content (AvgIpc) is 2.04. The zero-order valence-corrected chi connectivity index (χ0v) is 7.82. The van der Waals surface area contributed by atoms with Crippen LogP contribution in [-0.2, 0) is 4.79 Å². The summed E-state index contributed by atoms with van der Waals surface area (Å²) in [5, 5.41) is 8.80. The summed E-state index contributed by atoms with van der Waals surface area (Å²) in [7, 11) is 0. The monoisotopic (exact) mass is 185 g/mol. The molecule has 0 spiro atoms. The highest BCUT2D eigenvalue weighted by molar-refractivity contribution is 5.90. The van der Waals surface area contributed by atoms with E-state index in [1.807, 2.05) is 0 Å². The highest BCUT2D eigenvalue weighted by Gasteiger charge is 2.27. The van der Waals surface area contributed by atoms with Crippen LogP contribution in [0.2, 0.25) is 0 Å². The van der Waals surface area contributed by atoms with Crippen LogP contribution in [-0.4, -0.2) is 28.0 Å². The molecular weight excluding hydrogens is 170 g/mol. The molecule has 0 saturated heterocycles. The molecule has 0 aromatic carbocycles. The molecular formula is C9H15NO3. The first-order chi connectivity index (χ1) is 6.13. The number of rotatable bonds is 1. The second kappa shape index (κ2) is 4.25. The molecule has 0 aromatic heterocycles. The minimum absolute atomic E-state index is 0.0799. The Balaban J connectivity index is 2.62. The van der Waals surface area contributed by atoms with Gasteiger partial charge in [-0.15, -0.1) is 0 Å². The third-order valence-electron chi connectivity index (χ3n) is 2.49. The SMILES string of the molecule is CC(=O)N(C(=O)O)C1CCCCC1. The molecule has 0 unspecified atom stereocenters. The van der Waals surface area contributed by atoms with Crippen LogP contribution in [0, 0.1) is 0 Å². The molecule has 74 valence electrons. The lowest BCUT2D eigenvalue weighted by Gasteiger charge is -2.29. The quantitative estimate of drug-likeness (QED) is 0.678. The van der Waals surface area contributed by atoms with Crippen LogP contribution in [0.3, 0.4) is 0 Å². The molecule has 0 heterocycles. The summed E-state index contributed by atoms with van der Waals surface area (Å²) in [5.41, 5.74) is 0. The molecule has 1 rings (SSSR count). The summed E-state index contributed by atoms with van der Waals surface area (Å²) < 4.78 is 0. The zero-order valence-electron chi connectivity index (χ0n) is 7.82. The van der Waals surface area contributed by atoms with Gasteiger partial charge >= 0.3 is 6.09 Å². The Bertz CT molecular complexity index is 195. The van der Waals surface area contributed by atoms with Crippen LogP contribution in [0.1, 0.15) is 39.0 Å². The molecule has 1 fully saturated rings. The largest absolute Gasteiger partial charge is 0.465 e. The normalized spacial score (nSPS) is 18.2. The lowest BCUT2D eigenvalue weighted by atomic mass is 9.94. The summed E-state index contributed by atoms with van der Waals surface area (Å²) in [6.07, 6.45) is 3.75. The average molecular weight is 185 g/mol. The van der Waals surface area contributed by atoms with Gasteiger partial charge in [0.1, 0.15) is 0 Å². The Morgan fingerprint density at radius 3 is 2.15 bits per heavy atom. The van der Waals surface area contributed by atoms with Crippen LogP contribution in [0.4, 0.5) is 4.79 Å². The van der Waals surface area contributed by atoms with Crippen LogP contribution in [0.5, 0.6) is 0 Å². The number of hydrogen-bond donors (Lipinski definition) is 1. The van der Waals surface area contributed by atoms with Crippen molar-refractivity contribution in [3.8, 4) is 0 Å². The first kappa shape index (κ1) is 10.0. The van der Waals surface area contributed by atoms with Crippen molar-refractivity contribution in [2.75, 3.05) is 0 Å². The van der Waals surface area contributed by atoms with Crippen molar-refractivity contribution in [1.29, 1.82) is 0 Å². The Labute approximate surface area is 77.5 Å². The molecule has 0 aromatic rings. The highest BCUT2D eigenvalue weighted by atomic mass is 16.4. The Kier molecular flexibility index (Phi) is 3.28. The van der Waals surface area contributed by atoms with E-state index in [0.29, 0.717) is 0 Å². The van der Waals surface area contributed by atoms with Crippen LogP contribution >= 0.6 is 0 Å². The molecule has 1 aliphatic rings. The van der Waals surface area contributed by atoms with Crippen LogP contribution in [0.25, 0.3) is 0 Å². The number of carbonyl (C=O) groups excluding carboxylic acids is 1. The fourth-order valence-electron chi connectivity index (χ4n) is 1.89. The molecule has 0 bridgehead atoms. The van der Waals surface area contributed by atoms with Crippen molar-refractivity contribution < 1.29 is 14.7 Å². The van der Waals surface area contributed by atoms with Gasteiger partial charge in [-0.3, -0.25) is 4.79 Å². The first-order valence-electron chi connectivity index (χ1n) is 4.65. The van der Waals surface area contributed by atoms with Crippen molar-refractivity contribution in [3.05, 3.63) is 0 Å². The number of hydrogen-bond acceptors (Lipinski definition) is 2. The maximum atomic E-state index is 11.0. The lowest BCUT2D eigenvalue weighted by molar-refractivity contribution is -0.129. The van der Waals surface area contributed by atoms with Crippen molar-refractivity contribution >= 4 is 12.0 Å². The summed E-state index contributed by atoms with van der Waals surface area (Å²) in [6, 6.07) is -0.0799. The number of amides is 2. The molecule has 0 atom stereocenters. The predicted molar refractivity (Wildman–Crippen MR) is 47.4 cm³/mol. The number of nitrogens with zero attached hydrogens (tertiary/aromatic N) is 1. The maximum Gasteiger partial charge on any atom is 0.414 e. The fourth-order valence-corrected chi connectivity index (χ4v) is 1.89. The van der Waals surface area contributed by atoms with E-state index in [2.05, 4.69) is 0 Å². The van der Waals surface area contributed by atoms with Crippen molar-refractivity contribution in [1.82, 2.24) is 4.90 Å². The van der Waals surface area contributed by atoms with Gasteiger partial charge in [0.2, 0.25) is 5.91 Å². The molecule has 0 radical (unpaired) electrons. The van der Waals surface area contributed by atoms with Crippen molar-refractivity contribution in [3.63, 3.8) is 0 Å². The first-order valence-corrected chi connectivity index (χ1v) is 4.65. The van der Waals surface area contributed by atoms with Gasteiger partial charge in [0, 0.05) is 13.0 Å². The molecule has 1 aliphatic carbocycles. The minimum Gasteiger partial charge on any atom is -0.465 e. The van der Waals surface area contributed by atoms with E-state index < -0.39 is 6.09 Å².